The number of aryl methyl sites for hydroxylation is 2. The smallest absolute Gasteiger partial charge is 0.246 e. The molecule has 3 aromatic rings. The van der Waals surface area contributed by atoms with Gasteiger partial charge in [0.2, 0.25) is 5.89 Å². The Morgan fingerprint density at radius 3 is 2.59 bits per heavy atom. The molecule has 0 aliphatic rings. The maximum atomic E-state index is 6.07. The Kier molecular flexibility index (Phi) is 8.91. The van der Waals surface area contributed by atoms with Gasteiger partial charge in [-0.1, -0.05) is 35.5 Å². The first-order valence-electron chi connectivity index (χ1n) is 9.28. The van der Waals surface area contributed by atoms with E-state index >= 15 is 0 Å². The molecular formula is C21H26IN5O2. The minimum atomic E-state index is 0. The maximum Gasteiger partial charge on any atom is 0.246 e. The number of nitrogens with zero attached hydrogens (tertiary/aromatic N) is 3. The first-order chi connectivity index (χ1) is 13.6. The quantitative estimate of drug-likeness (QED) is 0.281. The van der Waals surface area contributed by atoms with E-state index in [0.717, 1.165) is 29.2 Å². The lowest BCUT2D eigenvalue weighted by Gasteiger charge is -2.13. The predicted octanol–water partition coefficient (Wildman–Crippen LogP) is 4.35. The Balaban J connectivity index is 0.00000300. The van der Waals surface area contributed by atoms with Crippen molar-refractivity contribution < 1.29 is 9.26 Å². The predicted molar refractivity (Wildman–Crippen MR) is 124 cm³/mol. The summed E-state index contributed by atoms with van der Waals surface area (Å²) in [7, 11) is 0. The SMILES string of the molecule is CCNC(=NCc1ccc(C)cc1Oc1ccccc1)NCc1nc(C)no1.I. The second kappa shape index (κ2) is 11.4. The summed E-state index contributed by atoms with van der Waals surface area (Å²) in [4.78, 5) is 8.85. The highest BCUT2D eigenvalue weighted by molar-refractivity contribution is 14.0. The summed E-state index contributed by atoms with van der Waals surface area (Å²) >= 11 is 0. The maximum absolute atomic E-state index is 6.07. The fourth-order valence-electron chi connectivity index (χ4n) is 2.58. The monoisotopic (exact) mass is 507 g/mol. The first-order valence-corrected chi connectivity index (χ1v) is 9.28. The molecule has 2 aromatic carbocycles. The van der Waals surface area contributed by atoms with Crippen molar-refractivity contribution in [2.24, 2.45) is 4.99 Å². The number of benzene rings is 2. The molecule has 3 rings (SSSR count). The number of guanidine groups is 1. The van der Waals surface area contributed by atoms with Gasteiger partial charge in [-0.05, 0) is 44.5 Å². The van der Waals surface area contributed by atoms with Crippen LogP contribution in [0.25, 0.3) is 0 Å². The van der Waals surface area contributed by atoms with Crippen molar-refractivity contribution in [2.45, 2.75) is 33.9 Å². The Hall–Kier alpha value is -2.62. The third-order valence-corrected chi connectivity index (χ3v) is 3.92. The Bertz CT molecular complexity index is 928. The normalized spacial score (nSPS) is 10.9. The van der Waals surface area contributed by atoms with E-state index in [-0.39, 0.29) is 24.0 Å². The van der Waals surface area contributed by atoms with E-state index in [1.54, 1.807) is 6.92 Å². The molecule has 8 heteroatoms. The van der Waals surface area contributed by atoms with Gasteiger partial charge in [0.25, 0.3) is 0 Å². The number of ether oxygens (including phenoxy) is 1. The van der Waals surface area contributed by atoms with E-state index in [9.17, 15) is 0 Å². The highest BCUT2D eigenvalue weighted by Gasteiger charge is 2.08. The minimum absolute atomic E-state index is 0. The fraction of sp³-hybridized carbons (Fsp3) is 0.286. The van der Waals surface area contributed by atoms with Gasteiger partial charge in [-0.15, -0.1) is 24.0 Å². The second-order valence-electron chi connectivity index (χ2n) is 6.31. The highest BCUT2D eigenvalue weighted by Crippen LogP contribution is 2.27. The van der Waals surface area contributed by atoms with Crippen LogP contribution in [0, 0.1) is 13.8 Å². The van der Waals surface area contributed by atoms with E-state index in [0.29, 0.717) is 30.8 Å². The van der Waals surface area contributed by atoms with Crippen LogP contribution < -0.4 is 15.4 Å². The number of aliphatic imine (C=N–C) groups is 1. The zero-order chi connectivity index (χ0) is 19.8. The third-order valence-electron chi connectivity index (χ3n) is 3.92. The third kappa shape index (κ3) is 7.04. The summed E-state index contributed by atoms with van der Waals surface area (Å²) in [6.45, 7) is 7.48. The van der Waals surface area contributed by atoms with Crippen LogP contribution in [0.5, 0.6) is 11.5 Å². The molecule has 29 heavy (non-hydrogen) atoms. The van der Waals surface area contributed by atoms with Crippen molar-refractivity contribution in [1.82, 2.24) is 20.8 Å². The summed E-state index contributed by atoms with van der Waals surface area (Å²) in [6, 6.07) is 15.9. The van der Waals surface area contributed by atoms with E-state index in [1.165, 1.54) is 0 Å². The molecule has 0 amide bonds. The highest BCUT2D eigenvalue weighted by atomic mass is 127. The van der Waals surface area contributed by atoms with E-state index < -0.39 is 0 Å². The van der Waals surface area contributed by atoms with Crippen molar-refractivity contribution in [3.63, 3.8) is 0 Å². The molecule has 154 valence electrons. The van der Waals surface area contributed by atoms with Crippen molar-refractivity contribution >= 4 is 29.9 Å². The van der Waals surface area contributed by atoms with Crippen LogP contribution >= 0.6 is 24.0 Å². The van der Waals surface area contributed by atoms with Crippen molar-refractivity contribution in [2.75, 3.05) is 6.54 Å². The van der Waals surface area contributed by atoms with Gasteiger partial charge in [-0.2, -0.15) is 4.98 Å². The Morgan fingerprint density at radius 1 is 1.10 bits per heavy atom. The molecule has 1 aromatic heterocycles. The topological polar surface area (TPSA) is 84.6 Å². The lowest BCUT2D eigenvalue weighted by Crippen LogP contribution is -2.36. The summed E-state index contributed by atoms with van der Waals surface area (Å²) in [6.07, 6.45) is 0. The first kappa shape index (κ1) is 22.7. The summed E-state index contributed by atoms with van der Waals surface area (Å²) in [5, 5.41) is 10.2. The van der Waals surface area contributed by atoms with Gasteiger partial charge < -0.3 is 19.9 Å². The minimum Gasteiger partial charge on any atom is -0.457 e. The van der Waals surface area contributed by atoms with Crippen LogP contribution in [0.4, 0.5) is 0 Å². The molecule has 0 atom stereocenters. The van der Waals surface area contributed by atoms with E-state index in [4.69, 9.17) is 9.26 Å². The Labute approximate surface area is 188 Å². The van der Waals surface area contributed by atoms with Crippen LogP contribution in [0.2, 0.25) is 0 Å². The van der Waals surface area contributed by atoms with Crippen LogP contribution in [-0.4, -0.2) is 22.6 Å². The zero-order valence-corrected chi connectivity index (χ0v) is 19.1. The number of nitrogens with one attached hydrogen (secondary N) is 2. The number of hydrogen-bond acceptors (Lipinski definition) is 5. The molecule has 0 spiro atoms. The Morgan fingerprint density at radius 2 is 1.90 bits per heavy atom. The number of halogens is 1. The molecule has 7 nitrogen and oxygen atoms in total. The molecule has 2 N–H and O–H groups in total. The number of para-hydroxylation sites is 1. The van der Waals surface area contributed by atoms with Gasteiger partial charge >= 0.3 is 0 Å². The zero-order valence-electron chi connectivity index (χ0n) is 16.8. The average molecular weight is 507 g/mol. The lowest BCUT2D eigenvalue weighted by atomic mass is 10.1. The van der Waals surface area contributed by atoms with E-state index in [1.807, 2.05) is 56.3 Å². The molecule has 0 bridgehead atoms. The lowest BCUT2D eigenvalue weighted by molar-refractivity contribution is 0.371. The standard InChI is InChI=1S/C21H25N5O2.HI/c1-4-22-21(24-14-20-25-16(3)26-28-20)23-13-17-11-10-15(2)12-19(17)27-18-8-6-5-7-9-18;/h5-12H,4,13-14H2,1-3H3,(H2,22,23,24);1H. The van der Waals surface area contributed by atoms with Gasteiger partial charge in [0.05, 0.1) is 13.1 Å². The van der Waals surface area contributed by atoms with Crippen molar-refractivity contribution in [3.8, 4) is 11.5 Å². The largest absolute Gasteiger partial charge is 0.457 e. The number of rotatable bonds is 7. The molecule has 0 fully saturated rings. The number of aromatic nitrogens is 2. The molecule has 0 aliphatic heterocycles. The molecule has 0 saturated heterocycles. The molecule has 0 radical (unpaired) electrons. The van der Waals surface area contributed by atoms with Gasteiger partial charge in [0.15, 0.2) is 11.8 Å². The summed E-state index contributed by atoms with van der Waals surface area (Å²) in [5.74, 6) is 3.41. The molecule has 1 heterocycles. The molecule has 0 aliphatic carbocycles. The summed E-state index contributed by atoms with van der Waals surface area (Å²) in [5.41, 5.74) is 2.13. The van der Waals surface area contributed by atoms with Gasteiger partial charge in [0, 0.05) is 12.1 Å². The van der Waals surface area contributed by atoms with E-state index in [2.05, 4.69) is 31.8 Å². The van der Waals surface area contributed by atoms with Gasteiger partial charge in [-0.25, -0.2) is 4.99 Å². The fourth-order valence-corrected chi connectivity index (χ4v) is 2.58. The van der Waals surface area contributed by atoms with Gasteiger partial charge in [0.1, 0.15) is 11.5 Å². The molecule has 0 saturated carbocycles. The van der Waals surface area contributed by atoms with Crippen molar-refractivity contribution in [3.05, 3.63) is 71.4 Å². The van der Waals surface area contributed by atoms with Crippen LogP contribution in [0.3, 0.4) is 0 Å². The van der Waals surface area contributed by atoms with Crippen molar-refractivity contribution in [1.29, 1.82) is 0 Å². The number of hydrogen-bond donors (Lipinski definition) is 2. The van der Waals surface area contributed by atoms with Gasteiger partial charge in [-0.3, -0.25) is 0 Å². The van der Waals surface area contributed by atoms with Crippen LogP contribution in [-0.2, 0) is 13.1 Å². The van der Waals surface area contributed by atoms with Crippen LogP contribution in [0.1, 0.15) is 29.8 Å². The molecule has 0 unspecified atom stereocenters. The average Bonchev–Trinajstić information content (AvgIpc) is 3.11. The summed E-state index contributed by atoms with van der Waals surface area (Å²) < 4.78 is 11.2. The second-order valence-corrected chi connectivity index (χ2v) is 6.31. The van der Waals surface area contributed by atoms with Crippen LogP contribution in [0.15, 0.2) is 58.0 Å². The molecular weight excluding hydrogens is 481 g/mol.